The Bertz CT molecular complexity index is 278. The van der Waals surface area contributed by atoms with Gasteiger partial charge in [0.05, 0.1) is 12.1 Å². The minimum absolute atomic E-state index is 0.0107. The minimum atomic E-state index is -0.850. The molecule has 2 N–H and O–H groups in total. The Balaban J connectivity index is 2.70. The van der Waals surface area contributed by atoms with E-state index < -0.39 is 5.97 Å². The Morgan fingerprint density at radius 1 is 1.75 bits per heavy atom. The van der Waals surface area contributed by atoms with Crippen molar-refractivity contribution in [2.24, 2.45) is 0 Å². The first-order valence-electron chi connectivity index (χ1n) is 3.85. The third-order valence-electron chi connectivity index (χ3n) is 1.53. The molecule has 0 saturated carbocycles. The highest BCUT2D eigenvalue weighted by atomic mass is 16.4. The molecule has 0 aliphatic rings. The number of carboxylic acid groups (broad SMARTS) is 1. The van der Waals surface area contributed by atoms with E-state index in [1.165, 1.54) is 0 Å². The van der Waals surface area contributed by atoms with E-state index in [-0.39, 0.29) is 6.42 Å². The molecule has 1 aromatic rings. The number of nitrogens with one attached hydrogen (secondary N) is 1. The second-order valence-electron chi connectivity index (χ2n) is 3.00. The summed E-state index contributed by atoms with van der Waals surface area (Å²) in [6.45, 7) is 4.01. The van der Waals surface area contributed by atoms with E-state index in [1.54, 1.807) is 6.20 Å². The summed E-state index contributed by atoms with van der Waals surface area (Å²) in [5.41, 5.74) is 0.589. The van der Waals surface area contributed by atoms with Gasteiger partial charge in [-0.2, -0.15) is 0 Å². The molecule has 1 aromatic heterocycles. The summed E-state index contributed by atoms with van der Waals surface area (Å²) in [6.07, 6.45) is 1.63. The smallest absolute Gasteiger partial charge is 0.309 e. The molecular weight excluding hydrogens is 156 g/mol. The van der Waals surface area contributed by atoms with Gasteiger partial charge in [-0.3, -0.25) is 4.79 Å². The highest BCUT2D eigenvalue weighted by Crippen LogP contribution is 2.09. The second-order valence-corrected chi connectivity index (χ2v) is 3.00. The van der Waals surface area contributed by atoms with Gasteiger partial charge in [0.25, 0.3) is 0 Å². The highest BCUT2D eigenvalue weighted by Gasteiger charge is 2.07. The predicted octanol–water partition coefficient (Wildman–Crippen LogP) is 1.16. The molecule has 1 heterocycles. The molecule has 0 aromatic carbocycles. The molecule has 0 radical (unpaired) electrons. The van der Waals surface area contributed by atoms with Crippen LogP contribution in [0.3, 0.4) is 0 Å². The molecule has 0 spiro atoms. The van der Waals surface area contributed by atoms with Crippen LogP contribution in [0.2, 0.25) is 0 Å². The number of H-pyrrole nitrogens is 1. The summed E-state index contributed by atoms with van der Waals surface area (Å²) in [7, 11) is 0. The quantitative estimate of drug-likeness (QED) is 0.711. The molecule has 1 rings (SSSR count). The molecular formula is C8H12N2O2. The number of rotatable bonds is 3. The average molecular weight is 168 g/mol. The summed E-state index contributed by atoms with van der Waals surface area (Å²) in [6, 6.07) is 0. The molecule has 0 unspecified atom stereocenters. The predicted molar refractivity (Wildman–Crippen MR) is 44.0 cm³/mol. The van der Waals surface area contributed by atoms with E-state index in [9.17, 15) is 4.79 Å². The molecule has 0 bridgehead atoms. The van der Waals surface area contributed by atoms with E-state index in [2.05, 4.69) is 9.97 Å². The van der Waals surface area contributed by atoms with Gasteiger partial charge >= 0.3 is 5.97 Å². The largest absolute Gasteiger partial charge is 0.481 e. The summed E-state index contributed by atoms with van der Waals surface area (Å²) in [5.74, 6) is 0.301. The fourth-order valence-corrected chi connectivity index (χ4v) is 0.918. The number of imidazole rings is 1. The van der Waals surface area contributed by atoms with Gasteiger partial charge in [-0.1, -0.05) is 13.8 Å². The lowest BCUT2D eigenvalue weighted by molar-refractivity contribution is -0.136. The molecule has 66 valence electrons. The van der Waals surface area contributed by atoms with Crippen LogP contribution in [0.1, 0.15) is 31.3 Å². The topological polar surface area (TPSA) is 66.0 Å². The van der Waals surface area contributed by atoms with Crippen LogP contribution in [0.4, 0.5) is 0 Å². The summed E-state index contributed by atoms with van der Waals surface area (Å²) < 4.78 is 0. The van der Waals surface area contributed by atoms with Gasteiger partial charge in [0.15, 0.2) is 0 Å². The van der Waals surface area contributed by atoms with Crippen molar-refractivity contribution < 1.29 is 9.90 Å². The SMILES string of the molecule is CC(C)c1nc(CC(=O)O)c[nH]1. The Labute approximate surface area is 70.6 Å². The second kappa shape index (κ2) is 3.38. The third kappa shape index (κ3) is 2.08. The van der Waals surface area contributed by atoms with E-state index in [0.717, 1.165) is 5.82 Å². The van der Waals surface area contributed by atoms with Crippen LogP contribution >= 0.6 is 0 Å². The number of aromatic nitrogens is 2. The van der Waals surface area contributed by atoms with Crippen LogP contribution in [0.5, 0.6) is 0 Å². The molecule has 0 amide bonds. The zero-order valence-corrected chi connectivity index (χ0v) is 7.16. The lowest BCUT2D eigenvalue weighted by Crippen LogP contribution is -2.00. The van der Waals surface area contributed by atoms with Gasteiger partial charge in [0.2, 0.25) is 0 Å². The highest BCUT2D eigenvalue weighted by molar-refractivity contribution is 5.69. The number of carbonyl (C=O) groups is 1. The maximum atomic E-state index is 10.3. The number of carboxylic acids is 1. The molecule has 12 heavy (non-hydrogen) atoms. The number of hydrogen-bond donors (Lipinski definition) is 2. The van der Waals surface area contributed by atoms with Crippen LogP contribution in [-0.4, -0.2) is 21.0 Å². The zero-order chi connectivity index (χ0) is 9.14. The van der Waals surface area contributed by atoms with Crippen molar-refractivity contribution in [3.05, 3.63) is 17.7 Å². The van der Waals surface area contributed by atoms with Gasteiger partial charge < -0.3 is 10.1 Å². The van der Waals surface area contributed by atoms with Crippen LogP contribution in [0, 0.1) is 0 Å². The zero-order valence-electron chi connectivity index (χ0n) is 7.16. The maximum Gasteiger partial charge on any atom is 0.309 e. The Kier molecular flexibility index (Phi) is 2.47. The minimum Gasteiger partial charge on any atom is -0.481 e. The number of hydrogen-bond acceptors (Lipinski definition) is 2. The van der Waals surface area contributed by atoms with Gasteiger partial charge in [-0.15, -0.1) is 0 Å². The van der Waals surface area contributed by atoms with Crippen molar-refractivity contribution in [3.63, 3.8) is 0 Å². The van der Waals surface area contributed by atoms with Crippen molar-refractivity contribution in [3.8, 4) is 0 Å². The normalized spacial score (nSPS) is 10.6. The Hall–Kier alpha value is -1.32. The van der Waals surface area contributed by atoms with Gasteiger partial charge in [-0.25, -0.2) is 4.98 Å². The monoisotopic (exact) mass is 168 g/mol. The molecule has 4 nitrogen and oxygen atoms in total. The first-order valence-corrected chi connectivity index (χ1v) is 3.85. The van der Waals surface area contributed by atoms with Crippen molar-refractivity contribution in [2.75, 3.05) is 0 Å². The fraction of sp³-hybridized carbons (Fsp3) is 0.500. The van der Waals surface area contributed by atoms with Crippen molar-refractivity contribution in [2.45, 2.75) is 26.2 Å². The number of aliphatic carboxylic acids is 1. The Morgan fingerprint density at radius 3 is 2.83 bits per heavy atom. The van der Waals surface area contributed by atoms with Crippen LogP contribution in [0.25, 0.3) is 0 Å². The number of nitrogens with zero attached hydrogens (tertiary/aromatic N) is 1. The molecule has 0 aliphatic heterocycles. The summed E-state index contributed by atoms with van der Waals surface area (Å²) in [5, 5.41) is 8.46. The van der Waals surface area contributed by atoms with Crippen LogP contribution in [0.15, 0.2) is 6.20 Å². The van der Waals surface area contributed by atoms with Crippen LogP contribution < -0.4 is 0 Å². The van der Waals surface area contributed by atoms with Crippen molar-refractivity contribution in [1.29, 1.82) is 0 Å². The van der Waals surface area contributed by atoms with E-state index in [1.807, 2.05) is 13.8 Å². The first-order chi connectivity index (χ1) is 5.59. The summed E-state index contributed by atoms with van der Waals surface area (Å²) >= 11 is 0. The van der Waals surface area contributed by atoms with Gasteiger partial charge in [0, 0.05) is 12.1 Å². The molecule has 0 fully saturated rings. The van der Waals surface area contributed by atoms with E-state index >= 15 is 0 Å². The molecule has 4 heteroatoms. The summed E-state index contributed by atoms with van der Waals surface area (Å²) in [4.78, 5) is 17.3. The lowest BCUT2D eigenvalue weighted by Gasteiger charge is -1.96. The maximum absolute atomic E-state index is 10.3. The molecule has 0 aliphatic carbocycles. The third-order valence-corrected chi connectivity index (χ3v) is 1.53. The standard InChI is InChI=1S/C8H12N2O2/c1-5(2)8-9-4-6(10-8)3-7(11)12/h4-5H,3H2,1-2H3,(H,9,10)(H,11,12). The van der Waals surface area contributed by atoms with Crippen molar-refractivity contribution in [1.82, 2.24) is 9.97 Å². The van der Waals surface area contributed by atoms with Gasteiger partial charge in [0.1, 0.15) is 5.82 Å². The van der Waals surface area contributed by atoms with E-state index in [4.69, 9.17) is 5.11 Å². The average Bonchev–Trinajstić information content (AvgIpc) is 2.34. The van der Waals surface area contributed by atoms with Gasteiger partial charge in [-0.05, 0) is 0 Å². The first kappa shape index (κ1) is 8.77. The molecule has 0 saturated heterocycles. The van der Waals surface area contributed by atoms with Crippen molar-refractivity contribution >= 4 is 5.97 Å². The number of aromatic amines is 1. The van der Waals surface area contributed by atoms with E-state index in [0.29, 0.717) is 11.6 Å². The Morgan fingerprint density at radius 2 is 2.42 bits per heavy atom. The molecule has 0 atom stereocenters. The van der Waals surface area contributed by atoms with Crippen LogP contribution in [-0.2, 0) is 11.2 Å². The lowest BCUT2D eigenvalue weighted by atomic mass is 10.2. The fourth-order valence-electron chi connectivity index (χ4n) is 0.918.